The fourth-order valence-electron chi connectivity index (χ4n) is 3.11. The van der Waals surface area contributed by atoms with Crippen LogP contribution in [0.4, 0.5) is 4.79 Å². The van der Waals surface area contributed by atoms with E-state index in [1.165, 1.54) is 0 Å². The molecule has 0 aliphatic carbocycles. The minimum atomic E-state index is -0.324. The Kier molecular flexibility index (Phi) is 4.44. The minimum Gasteiger partial charge on any atom is -0.445 e. The maximum Gasteiger partial charge on any atom is 0.410 e. The zero-order chi connectivity index (χ0) is 17.2. The molecule has 1 unspecified atom stereocenters. The molecule has 0 spiro atoms. The number of rotatable bonds is 3. The molecular formula is C19H17BrN2O3. The first-order valence-electron chi connectivity index (χ1n) is 8.24. The normalized spacial score (nSPS) is 17.2. The highest BCUT2D eigenvalue weighted by molar-refractivity contribution is 9.10. The maximum atomic E-state index is 12.5. The quantitative estimate of drug-likeness (QED) is 0.615. The van der Waals surface area contributed by atoms with Crippen LogP contribution in [-0.4, -0.2) is 22.5 Å². The first kappa shape index (κ1) is 16.1. The fraction of sp³-hybridized carbons (Fsp3) is 0.263. The van der Waals surface area contributed by atoms with Gasteiger partial charge in [0, 0.05) is 11.0 Å². The van der Waals surface area contributed by atoms with Crippen LogP contribution in [0.5, 0.6) is 0 Å². The monoisotopic (exact) mass is 400 g/mol. The van der Waals surface area contributed by atoms with Crippen molar-refractivity contribution >= 4 is 33.1 Å². The van der Waals surface area contributed by atoms with Crippen molar-refractivity contribution < 1.29 is 13.9 Å². The van der Waals surface area contributed by atoms with E-state index in [4.69, 9.17) is 9.15 Å². The van der Waals surface area contributed by atoms with Crippen molar-refractivity contribution in [2.45, 2.75) is 25.5 Å². The fourth-order valence-corrected chi connectivity index (χ4v) is 3.45. The van der Waals surface area contributed by atoms with E-state index in [0.717, 1.165) is 34.0 Å². The number of oxazole rings is 1. The predicted octanol–water partition coefficient (Wildman–Crippen LogP) is 5.06. The van der Waals surface area contributed by atoms with Gasteiger partial charge in [-0.15, -0.1) is 0 Å². The van der Waals surface area contributed by atoms with Crippen LogP contribution >= 0.6 is 15.9 Å². The molecule has 3 aromatic rings. The zero-order valence-corrected chi connectivity index (χ0v) is 15.1. The van der Waals surface area contributed by atoms with Gasteiger partial charge >= 0.3 is 6.09 Å². The predicted molar refractivity (Wildman–Crippen MR) is 97.0 cm³/mol. The second-order valence-electron chi connectivity index (χ2n) is 6.06. The molecule has 1 aliphatic heterocycles. The number of carbonyl (C=O) groups excluding carboxylic acids is 1. The largest absolute Gasteiger partial charge is 0.445 e. The highest BCUT2D eigenvalue weighted by atomic mass is 79.9. The first-order valence-corrected chi connectivity index (χ1v) is 9.03. The molecule has 1 fully saturated rings. The smallest absolute Gasteiger partial charge is 0.410 e. The number of aromatic nitrogens is 1. The van der Waals surface area contributed by atoms with E-state index in [-0.39, 0.29) is 18.7 Å². The van der Waals surface area contributed by atoms with Gasteiger partial charge in [-0.05, 0) is 36.6 Å². The van der Waals surface area contributed by atoms with Gasteiger partial charge in [-0.3, -0.25) is 4.90 Å². The lowest BCUT2D eigenvalue weighted by Crippen LogP contribution is -2.31. The lowest BCUT2D eigenvalue weighted by molar-refractivity contribution is 0.0881. The summed E-state index contributed by atoms with van der Waals surface area (Å²) in [7, 11) is 0. The van der Waals surface area contributed by atoms with Crippen LogP contribution in [0.15, 0.2) is 57.4 Å². The van der Waals surface area contributed by atoms with Crippen LogP contribution in [0.2, 0.25) is 0 Å². The number of hydrogen-bond donors (Lipinski definition) is 0. The van der Waals surface area contributed by atoms with Gasteiger partial charge in [0.05, 0.1) is 0 Å². The third-order valence-corrected chi connectivity index (χ3v) is 4.84. The van der Waals surface area contributed by atoms with E-state index in [0.29, 0.717) is 12.4 Å². The average molecular weight is 401 g/mol. The van der Waals surface area contributed by atoms with Crippen LogP contribution in [-0.2, 0) is 11.3 Å². The van der Waals surface area contributed by atoms with Crippen LogP contribution in [0, 0.1) is 0 Å². The first-order chi connectivity index (χ1) is 12.2. The van der Waals surface area contributed by atoms with Crippen molar-refractivity contribution in [1.82, 2.24) is 9.88 Å². The van der Waals surface area contributed by atoms with E-state index in [1.807, 2.05) is 48.5 Å². The Morgan fingerprint density at radius 1 is 1.28 bits per heavy atom. The molecule has 4 rings (SSSR count). The van der Waals surface area contributed by atoms with Gasteiger partial charge in [0.1, 0.15) is 18.2 Å². The van der Waals surface area contributed by atoms with Gasteiger partial charge in [-0.2, -0.15) is 0 Å². The minimum absolute atomic E-state index is 0.172. The Balaban J connectivity index is 1.50. The number of fused-ring (bicyclic) bond motifs is 1. The second kappa shape index (κ2) is 6.88. The summed E-state index contributed by atoms with van der Waals surface area (Å²) in [4.78, 5) is 18.8. The highest BCUT2D eigenvalue weighted by Crippen LogP contribution is 2.34. The topological polar surface area (TPSA) is 55.6 Å². The Morgan fingerprint density at radius 2 is 2.12 bits per heavy atom. The molecule has 1 amide bonds. The lowest BCUT2D eigenvalue weighted by atomic mass is 10.2. The molecule has 0 saturated carbocycles. The molecule has 6 heteroatoms. The van der Waals surface area contributed by atoms with E-state index in [1.54, 1.807) is 4.90 Å². The molecule has 0 N–H and O–H groups in total. The number of nitrogens with zero attached hydrogens (tertiary/aromatic N) is 2. The van der Waals surface area contributed by atoms with Gasteiger partial charge in [0.15, 0.2) is 5.58 Å². The summed E-state index contributed by atoms with van der Waals surface area (Å²) in [5.41, 5.74) is 2.48. The van der Waals surface area contributed by atoms with Crippen LogP contribution in [0.3, 0.4) is 0 Å². The molecule has 1 saturated heterocycles. The standard InChI is InChI=1S/C19H17BrN2O3/c20-14-8-9-17-15(11-14)21-18(25-17)16-7-4-10-22(16)19(23)24-12-13-5-2-1-3-6-13/h1-3,5-6,8-9,11,16H,4,7,10,12H2. The van der Waals surface area contributed by atoms with Gasteiger partial charge in [-0.25, -0.2) is 9.78 Å². The Hall–Kier alpha value is -2.34. The lowest BCUT2D eigenvalue weighted by Gasteiger charge is -2.21. The average Bonchev–Trinajstić information content (AvgIpc) is 3.26. The summed E-state index contributed by atoms with van der Waals surface area (Å²) >= 11 is 3.44. The highest BCUT2D eigenvalue weighted by Gasteiger charge is 2.34. The molecule has 1 aromatic heterocycles. The zero-order valence-electron chi connectivity index (χ0n) is 13.5. The number of likely N-dealkylation sites (tertiary alicyclic amines) is 1. The second-order valence-corrected chi connectivity index (χ2v) is 6.97. The molecule has 128 valence electrons. The van der Waals surface area contributed by atoms with E-state index in [9.17, 15) is 4.79 Å². The molecule has 5 nitrogen and oxygen atoms in total. The Bertz CT molecular complexity index is 894. The molecule has 1 atom stereocenters. The molecule has 25 heavy (non-hydrogen) atoms. The third-order valence-electron chi connectivity index (χ3n) is 4.34. The van der Waals surface area contributed by atoms with E-state index < -0.39 is 0 Å². The number of hydrogen-bond acceptors (Lipinski definition) is 4. The van der Waals surface area contributed by atoms with Gasteiger partial charge in [-0.1, -0.05) is 46.3 Å². The molecular weight excluding hydrogens is 384 g/mol. The number of carbonyl (C=O) groups is 1. The van der Waals surface area contributed by atoms with Crippen LogP contribution in [0.1, 0.15) is 30.3 Å². The Morgan fingerprint density at radius 3 is 2.96 bits per heavy atom. The summed E-state index contributed by atoms with van der Waals surface area (Å²) in [6.07, 6.45) is 1.41. The molecule has 0 radical (unpaired) electrons. The number of amides is 1. The Labute approximate surface area is 153 Å². The van der Waals surface area contributed by atoms with Crippen molar-refractivity contribution in [3.05, 3.63) is 64.5 Å². The van der Waals surface area contributed by atoms with Crippen LogP contribution in [0.25, 0.3) is 11.1 Å². The van der Waals surface area contributed by atoms with E-state index >= 15 is 0 Å². The summed E-state index contributed by atoms with van der Waals surface area (Å²) in [5.74, 6) is 0.572. The molecule has 2 aromatic carbocycles. The maximum absolute atomic E-state index is 12.5. The van der Waals surface area contributed by atoms with Gasteiger partial charge < -0.3 is 9.15 Å². The summed E-state index contributed by atoms with van der Waals surface area (Å²) in [6.45, 7) is 0.921. The van der Waals surface area contributed by atoms with Crippen LogP contribution < -0.4 is 0 Å². The van der Waals surface area contributed by atoms with Crippen molar-refractivity contribution in [3.63, 3.8) is 0 Å². The van der Waals surface area contributed by atoms with Gasteiger partial charge in [0.2, 0.25) is 5.89 Å². The third kappa shape index (κ3) is 3.39. The van der Waals surface area contributed by atoms with Crippen molar-refractivity contribution in [2.24, 2.45) is 0 Å². The van der Waals surface area contributed by atoms with E-state index in [2.05, 4.69) is 20.9 Å². The number of ether oxygens (including phenoxy) is 1. The molecule has 2 heterocycles. The number of benzene rings is 2. The van der Waals surface area contributed by atoms with Crippen molar-refractivity contribution in [1.29, 1.82) is 0 Å². The molecule has 0 bridgehead atoms. The number of halogens is 1. The SMILES string of the molecule is O=C(OCc1ccccc1)N1CCCC1c1nc2cc(Br)ccc2o1. The summed E-state index contributed by atoms with van der Waals surface area (Å²) < 4.78 is 12.3. The summed E-state index contributed by atoms with van der Waals surface area (Å²) in [6, 6.07) is 15.2. The van der Waals surface area contributed by atoms with Crippen molar-refractivity contribution in [3.8, 4) is 0 Å². The molecule has 1 aliphatic rings. The van der Waals surface area contributed by atoms with Gasteiger partial charge in [0.25, 0.3) is 0 Å². The van der Waals surface area contributed by atoms with Crippen molar-refractivity contribution in [2.75, 3.05) is 6.54 Å². The summed E-state index contributed by atoms with van der Waals surface area (Å²) in [5, 5.41) is 0.